The van der Waals surface area contributed by atoms with Crippen LogP contribution in [0.2, 0.25) is 5.02 Å². The van der Waals surface area contributed by atoms with E-state index in [1.54, 1.807) is 19.2 Å². The Bertz CT molecular complexity index is 488. The molecule has 1 aromatic rings. The molecular weight excluding hydrogens is 292 g/mol. The van der Waals surface area contributed by atoms with Gasteiger partial charge in [-0.2, -0.15) is 0 Å². The van der Waals surface area contributed by atoms with E-state index in [2.05, 4.69) is 10.1 Å². The second kappa shape index (κ2) is 8.10. The number of likely N-dealkylation sites (tertiary alicyclic amines) is 1. The van der Waals surface area contributed by atoms with Crippen LogP contribution in [-0.2, 0) is 0 Å². The Morgan fingerprint density at radius 3 is 2.76 bits per heavy atom. The Morgan fingerprint density at radius 2 is 2.10 bits per heavy atom. The Labute approximate surface area is 130 Å². The van der Waals surface area contributed by atoms with Crippen LogP contribution < -0.4 is 9.47 Å². The highest BCUT2D eigenvalue weighted by Crippen LogP contribution is 2.36. The van der Waals surface area contributed by atoms with Crippen molar-refractivity contribution in [2.24, 2.45) is 5.16 Å². The lowest BCUT2D eigenvalue weighted by Gasteiger charge is -2.26. The zero-order valence-corrected chi connectivity index (χ0v) is 13.0. The van der Waals surface area contributed by atoms with Crippen molar-refractivity contribution in [3.63, 3.8) is 0 Å². The molecule has 2 rings (SSSR count). The number of piperidine rings is 1. The van der Waals surface area contributed by atoms with Gasteiger partial charge in [-0.1, -0.05) is 23.2 Å². The first-order valence-electron chi connectivity index (χ1n) is 7.14. The summed E-state index contributed by atoms with van der Waals surface area (Å²) in [5, 5.41) is 12.0. The van der Waals surface area contributed by atoms with Crippen molar-refractivity contribution < 1.29 is 14.7 Å². The smallest absolute Gasteiger partial charge is 0.179 e. The number of halogens is 1. The largest absolute Gasteiger partial charge is 0.493 e. The Morgan fingerprint density at radius 1 is 1.33 bits per heavy atom. The predicted molar refractivity (Wildman–Crippen MR) is 83.2 cm³/mol. The summed E-state index contributed by atoms with van der Waals surface area (Å²) < 4.78 is 11.1. The van der Waals surface area contributed by atoms with Crippen molar-refractivity contribution >= 4 is 17.8 Å². The second-order valence-corrected chi connectivity index (χ2v) is 5.44. The van der Waals surface area contributed by atoms with E-state index in [0.717, 1.165) is 19.6 Å². The molecule has 0 bridgehead atoms. The maximum absolute atomic E-state index is 8.58. The number of hydrogen-bond donors (Lipinski definition) is 1. The number of oxime groups is 1. The van der Waals surface area contributed by atoms with Crippen molar-refractivity contribution in [3.05, 3.63) is 22.7 Å². The molecule has 6 heteroatoms. The number of methoxy groups -OCH3 is 1. The average molecular weight is 313 g/mol. The molecule has 1 fully saturated rings. The van der Waals surface area contributed by atoms with Crippen LogP contribution in [0, 0.1) is 0 Å². The molecule has 1 heterocycles. The molecule has 1 N–H and O–H groups in total. The van der Waals surface area contributed by atoms with Gasteiger partial charge in [0.05, 0.1) is 18.3 Å². The number of benzene rings is 1. The molecule has 1 saturated heterocycles. The maximum Gasteiger partial charge on any atom is 0.179 e. The molecule has 21 heavy (non-hydrogen) atoms. The molecule has 0 saturated carbocycles. The van der Waals surface area contributed by atoms with Gasteiger partial charge >= 0.3 is 0 Å². The summed E-state index contributed by atoms with van der Waals surface area (Å²) in [7, 11) is 1.56. The van der Waals surface area contributed by atoms with E-state index in [1.165, 1.54) is 25.5 Å². The molecule has 0 amide bonds. The summed E-state index contributed by atoms with van der Waals surface area (Å²) in [6.45, 7) is 3.74. The quantitative estimate of drug-likeness (QED) is 0.498. The monoisotopic (exact) mass is 312 g/mol. The molecule has 0 aromatic heterocycles. The fourth-order valence-corrected chi connectivity index (χ4v) is 2.75. The Balaban J connectivity index is 1.98. The van der Waals surface area contributed by atoms with Crippen LogP contribution in [0.25, 0.3) is 0 Å². The highest BCUT2D eigenvalue weighted by atomic mass is 35.5. The molecule has 1 aliphatic rings. The van der Waals surface area contributed by atoms with Crippen LogP contribution in [0.3, 0.4) is 0 Å². The molecule has 1 aliphatic heterocycles. The minimum absolute atomic E-state index is 0.447. The van der Waals surface area contributed by atoms with Crippen molar-refractivity contribution in [1.82, 2.24) is 4.90 Å². The third kappa shape index (κ3) is 4.51. The summed E-state index contributed by atoms with van der Waals surface area (Å²) in [5.74, 6) is 1.07. The van der Waals surface area contributed by atoms with Gasteiger partial charge in [0.15, 0.2) is 11.5 Å². The number of rotatable bonds is 6. The van der Waals surface area contributed by atoms with Gasteiger partial charge in [0.25, 0.3) is 0 Å². The van der Waals surface area contributed by atoms with E-state index in [1.807, 2.05) is 0 Å². The molecule has 0 spiro atoms. The van der Waals surface area contributed by atoms with Crippen LogP contribution in [0.15, 0.2) is 17.3 Å². The van der Waals surface area contributed by atoms with E-state index >= 15 is 0 Å². The first-order valence-corrected chi connectivity index (χ1v) is 7.52. The lowest BCUT2D eigenvalue weighted by molar-refractivity contribution is 0.180. The Kier molecular flexibility index (Phi) is 6.14. The van der Waals surface area contributed by atoms with E-state index in [-0.39, 0.29) is 0 Å². The highest BCUT2D eigenvalue weighted by molar-refractivity contribution is 6.32. The van der Waals surface area contributed by atoms with Gasteiger partial charge in [-0.25, -0.2) is 0 Å². The van der Waals surface area contributed by atoms with E-state index in [0.29, 0.717) is 28.7 Å². The second-order valence-electron chi connectivity index (χ2n) is 5.03. The van der Waals surface area contributed by atoms with E-state index in [9.17, 15) is 0 Å². The lowest BCUT2D eigenvalue weighted by atomic mass is 10.1. The highest BCUT2D eigenvalue weighted by Gasteiger charge is 2.13. The van der Waals surface area contributed by atoms with Gasteiger partial charge in [0, 0.05) is 12.1 Å². The first kappa shape index (κ1) is 15.9. The summed E-state index contributed by atoms with van der Waals surface area (Å²) >= 11 is 6.21. The van der Waals surface area contributed by atoms with Crippen molar-refractivity contribution in [3.8, 4) is 11.5 Å². The third-order valence-electron chi connectivity index (χ3n) is 3.56. The fraction of sp³-hybridized carbons (Fsp3) is 0.533. The zero-order valence-electron chi connectivity index (χ0n) is 12.2. The molecule has 116 valence electrons. The average Bonchev–Trinajstić information content (AvgIpc) is 2.50. The SMILES string of the molecule is COc1cc(C=NO)cc(Cl)c1OCCN1CCCCC1. The zero-order chi connectivity index (χ0) is 15.1. The third-order valence-corrected chi connectivity index (χ3v) is 3.84. The van der Waals surface area contributed by atoms with Crippen LogP contribution in [0.1, 0.15) is 24.8 Å². The summed E-state index contributed by atoms with van der Waals surface area (Å²) in [5.41, 5.74) is 0.655. The number of ether oxygens (including phenoxy) is 2. The van der Waals surface area contributed by atoms with Crippen LogP contribution in [-0.4, -0.2) is 49.7 Å². The summed E-state index contributed by atoms with van der Waals surface area (Å²) in [4.78, 5) is 2.40. The van der Waals surface area contributed by atoms with Gasteiger partial charge in [0.1, 0.15) is 6.61 Å². The topological polar surface area (TPSA) is 54.3 Å². The van der Waals surface area contributed by atoms with Crippen molar-refractivity contribution in [1.29, 1.82) is 0 Å². The van der Waals surface area contributed by atoms with Crippen LogP contribution in [0.4, 0.5) is 0 Å². The normalized spacial score (nSPS) is 16.3. The molecule has 1 aromatic carbocycles. The van der Waals surface area contributed by atoms with E-state index in [4.69, 9.17) is 26.3 Å². The van der Waals surface area contributed by atoms with Crippen molar-refractivity contribution in [2.45, 2.75) is 19.3 Å². The van der Waals surface area contributed by atoms with Crippen LogP contribution >= 0.6 is 11.6 Å². The molecule has 0 aliphatic carbocycles. The maximum atomic E-state index is 8.58. The number of nitrogens with zero attached hydrogens (tertiary/aromatic N) is 2. The summed E-state index contributed by atoms with van der Waals surface area (Å²) in [6.07, 6.45) is 5.15. The minimum atomic E-state index is 0.447. The predicted octanol–water partition coefficient (Wildman–Crippen LogP) is 3.02. The molecule has 0 radical (unpaired) electrons. The van der Waals surface area contributed by atoms with Crippen LogP contribution in [0.5, 0.6) is 11.5 Å². The summed E-state index contributed by atoms with van der Waals surface area (Å²) in [6, 6.07) is 3.40. The van der Waals surface area contributed by atoms with Gasteiger partial charge in [-0.15, -0.1) is 0 Å². The molecular formula is C15H21ClN2O3. The Hall–Kier alpha value is -1.46. The van der Waals surface area contributed by atoms with E-state index < -0.39 is 0 Å². The van der Waals surface area contributed by atoms with Gasteiger partial charge < -0.3 is 14.7 Å². The first-order chi connectivity index (χ1) is 10.2. The minimum Gasteiger partial charge on any atom is -0.493 e. The molecule has 0 unspecified atom stereocenters. The fourth-order valence-electron chi connectivity index (χ4n) is 2.48. The number of hydrogen-bond acceptors (Lipinski definition) is 5. The van der Waals surface area contributed by atoms with Gasteiger partial charge in [-0.05, 0) is 38.1 Å². The standard InChI is InChI=1S/C15H21ClN2O3/c1-20-14-10-12(11-17-19)9-13(16)15(14)21-8-7-18-5-3-2-4-6-18/h9-11,19H,2-8H2,1H3. The van der Waals surface area contributed by atoms with Crippen molar-refractivity contribution in [2.75, 3.05) is 33.4 Å². The van der Waals surface area contributed by atoms with Gasteiger partial charge in [0.2, 0.25) is 0 Å². The molecule has 5 nitrogen and oxygen atoms in total. The van der Waals surface area contributed by atoms with Gasteiger partial charge in [-0.3, -0.25) is 4.90 Å². The lowest BCUT2D eigenvalue weighted by Crippen LogP contribution is -2.33. The molecule has 0 atom stereocenters.